The minimum Gasteiger partial charge on any atom is -0.348 e. The monoisotopic (exact) mass is 377 g/mol. The normalized spacial score (nSPS) is 10.3. The van der Waals surface area contributed by atoms with Crippen LogP contribution in [0.25, 0.3) is 0 Å². The fourth-order valence-corrected chi connectivity index (χ4v) is 3.33. The number of carbonyl (C=O) groups is 2. The lowest BCUT2D eigenvalue weighted by molar-refractivity contribution is -0.114. The zero-order valence-corrected chi connectivity index (χ0v) is 15.6. The molecule has 3 aromatic rings. The van der Waals surface area contributed by atoms with Gasteiger partial charge in [-0.3, -0.25) is 9.59 Å². The Kier molecular flexibility index (Phi) is 6.22. The van der Waals surface area contributed by atoms with Crippen LogP contribution >= 0.6 is 11.8 Å². The predicted octanol–water partition coefficient (Wildman–Crippen LogP) is 4.12. The molecule has 1 aromatic heterocycles. The van der Waals surface area contributed by atoms with Gasteiger partial charge in [0.25, 0.3) is 5.91 Å². The Labute approximate surface area is 162 Å². The first-order chi connectivity index (χ1) is 13.1. The van der Waals surface area contributed by atoms with Crippen LogP contribution in [-0.4, -0.2) is 16.8 Å². The number of pyridine rings is 1. The number of hydrogen-bond donors (Lipinski definition) is 2. The minimum absolute atomic E-state index is 0.115. The number of nitrogens with zero attached hydrogens (tertiary/aromatic N) is 1. The van der Waals surface area contributed by atoms with Crippen molar-refractivity contribution in [1.29, 1.82) is 0 Å². The quantitative estimate of drug-likeness (QED) is 0.678. The van der Waals surface area contributed by atoms with E-state index in [2.05, 4.69) is 15.6 Å². The van der Waals surface area contributed by atoms with E-state index in [1.807, 2.05) is 54.6 Å². The van der Waals surface area contributed by atoms with Gasteiger partial charge in [0.2, 0.25) is 5.91 Å². The van der Waals surface area contributed by atoms with Crippen molar-refractivity contribution < 1.29 is 9.59 Å². The highest BCUT2D eigenvalue weighted by atomic mass is 32.2. The third kappa shape index (κ3) is 5.43. The van der Waals surface area contributed by atoms with Crippen LogP contribution < -0.4 is 10.6 Å². The summed E-state index contributed by atoms with van der Waals surface area (Å²) in [7, 11) is 0. The van der Waals surface area contributed by atoms with Crippen LogP contribution in [0.1, 0.15) is 22.8 Å². The summed E-state index contributed by atoms with van der Waals surface area (Å²) in [6, 6.07) is 20.7. The summed E-state index contributed by atoms with van der Waals surface area (Å²) in [6.07, 6.45) is 1.68. The van der Waals surface area contributed by atoms with E-state index in [1.54, 1.807) is 18.3 Å². The largest absolute Gasteiger partial charge is 0.348 e. The maximum atomic E-state index is 12.6. The third-order valence-corrected chi connectivity index (χ3v) is 4.73. The van der Waals surface area contributed by atoms with E-state index in [1.165, 1.54) is 18.7 Å². The number of benzene rings is 2. The van der Waals surface area contributed by atoms with Crippen LogP contribution in [0.15, 0.2) is 82.8 Å². The molecule has 5 nitrogen and oxygen atoms in total. The first kappa shape index (κ1) is 18.7. The lowest BCUT2D eigenvalue weighted by Crippen LogP contribution is -2.23. The van der Waals surface area contributed by atoms with Gasteiger partial charge in [-0.15, -0.1) is 0 Å². The maximum Gasteiger partial charge on any atom is 0.254 e. The molecule has 0 aliphatic carbocycles. The molecule has 2 aromatic carbocycles. The van der Waals surface area contributed by atoms with Gasteiger partial charge in [0.05, 0.1) is 5.56 Å². The van der Waals surface area contributed by atoms with Crippen LogP contribution in [0, 0.1) is 0 Å². The molecule has 3 rings (SSSR count). The molecule has 0 saturated carbocycles. The molecule has 27 heavy (non-hydrogen) atoms. The van der Waals surface area contributed by atoms with E-state index in [9.17, 15) is 9.59 Å². The van der Waals surface area contributed by atoms with Gasteiger partial charge < -0.3 is 10.6 Å². The van der Waals surface area contributed by atoms with Gasteiger partial charge in [0.1, 0.15) is 5.03 Å². The second-order valence-electron chi connectivity index (χ2n) is 5.83. The Hall–Kier alpha value is -3.12. The predicted molar refractivity (Wildman–Crippen MR) is 107 cm³/mol. The van der Waals surface area contributed by atoms with Crippen molar-refractivity contribution in [3.05, 3.63) is 84.1 Å². The Bertz CT molecular complexity index is 928. The average molecular weight is 377 g/mol. The summed E-state index contributed by atoms with van der Waals surface area (Å²) in [6.45, 7) is 1.86. The minimum atomic E-state index is -0.174. The van der Waals surface area contributed by atoms with Gasteiger partial charge in [-0.05, 0) is 42.0 Å². The standard InChI is InChI=1S/C21H19N3O2S/c1-15(25)24-17-11-9-16(10-12-17)14-23-20(26)19-8-5-13-22-21(19)27-18-6-3-2-4-7-18/h2-13H,14H2,1H3,(H,23,26)(H,24,25). The Morgan fingerprint density at radius 2 is 1.70 bits per heavy atom. The first-order valence-corrected chi connectivity index (χ1v) is 9.26. The molecule has 0 bridgehead atoms. The van der Waals surface area contributed by atoms with Crippen molar-refractivity contribution in [3.63, 3.8) is 0 Å². The number of anilines is 1. The third-order valence-electron chi connectivity index (χ3n) is 3.70. The second-order valence-corrected chi connectivity index (χ2v) is 6.89. The van der Waals surface area contributed by atoms with Crippen molar-refractivity contribution in [3.8, 4) is 0 Å². The zero-order chi connectivity index (χ0) is 19.1. The van der Waals surface area contributed by atoms with Gasteiger partial charge >= 0.3 is 0 Å². The van der Waals surface area contributed by atoms with Gasteiger partial charge in [-0.25, -0.2) is 4.98 Å². The highest BCUT2D eigenvalue weighted by Crippen LogP contribution is 2.28. The van der Waals surface area contributed by atoms with E-state index in [0.29, 0.717) is 17.1 Å². The summed E-state index contributed by atoms with van der Waals surface area (Å²) in [5.41, 5.74) is 2.21. The van der Waals surface area contributed by atoms with E-state index in [4.69, 9.17) is 0 Å². The van der Waals surface area contributed by atoms with Crippen LogP contribution in [0.3, 0.4) is 0 Å². The topological polar surface area (TPSA) is 71.1 Å². The van der Waals surface area contributed by atoms with Crippen LogP contribution in [0.5, 0.6) is 0 Å². The fourth-order valence-electron chi connectivity index (χ4n) is 2.43. The van der Waals surface area contributed by atoms with E-state index >= 15 is 0 Å². The van der Waals surface area contributed by atoms with Crippen molar-refractivity contribution >= 4 is 29.3 Å². The van der Waals surface area contributed by atoms with Crippen molar-refractivity contribution in [1.82, 2.24) is 10.3 Å². The second kappa shape index (κ2) is 9.00. The van der Waals surface area contributed by atoms with Crippen molar-refractivity contribution in [2.45, 2.75) is 23.4 Å². The van der Waals surface area contributed by atoms with Crippen LogP contribution in [0.2, 0.25) is 0 Å². The summed E-state index contributed by atoms with van der Waals surface area (Å²) in [5.74, 6) is -0.288. The number of amides is 2. The highest BCUT2D eigenvalue weighted by Gasteiger charge is 2.13. The molecule has 0 aliphatic rings. The molecule has 0 atom stereocenters. The first-order valence-electron chi connectivity index (χ1n) is 8.44. The molecule has 6 heteroatoms. The maximum absolute atomic E-state index is 12.6. The average Bonchev–Trinajstić information content (AvgIpc) is 2.68. The molecule has 1 heterocycles. The number of rotatable bonds is 6. The summed E-state index contributed by atoms with van der Waals surface area (Å²) in [4.78, 5) is 29.1. The van der Waals surface area contributed by atoms with Crippen molar-refractivity contribution in [2.75, 3.05) is 5.32 Å². The zero-order valence-electron chi connectivity index (χ0n) is 14.8. The highest BCUT2D eigenvalue weighted by molar-refractivity contribution is 7.99. The Balaban J connectivity index is 1.65. The summed E-state index contributed by atoms with van der Waals surface area (Å²) in [5, 5.41) is 6.31. The van der Waals surface area contributed by atoms with Gasteiger partial charge in [-0.1, -0.05) is 42.1 Å². The van der Waals surface area contributed by atoms with E-state index in [-0.39, 0.29) is 11.8 Å². The van der Waals surface area contributed by atoms with Gasteiger partial charge in [0.15, 0.2) is 0 Å². The lowest BCUT2D eigenvalue weighted by atomic mass is 10.2. The molecule has 0 unspecified atom stereocenters. The molecule has 0 spiro atoms. The smallest absolute Gasteiger partial charge is 0.254 e. The number of carbonyl (C=O) groups excluding carboxylic acids is 2. The fraction of sp³-hybridized carbons (Fsp3) is 0.0952. The molecule has 0 radical (unpaired) electrons. The number of nitrogens with one attached hydrogen (secondary N) is 2. The molecular weight excluding hydrogens is 358 g/mol. The summed E-state index contributed by atoms with van der Waals surface area (Å²) < 4.78 is 0. The molecule has 0 saturated heterocycles. The van der Waals surface area contributed by atoms with Gasteiger partial charge in [0, 0.05) is 30.2 Å². The molecule has 2 N–H and O–H groups in total. The van der Waals surface area contributed by atoms with Crippen molar-refractivity contribution in [2.24, 2.45) is 0 Å². The Morgan fingerprint density at radius 1 is 0.963 bits per heavy atom. The molecule has 0 aliphatic heterocycles. The SMILES string of the molecule is CC(=O)Nc1ccc(CNC(=O)c2cccnc2Sc2ccccc2)cc1. The molecule has 136 valence electrons. The molecular formula is C21H19N3O2S. The van der Waals surface area contributed by atoms with Crippen LogP contribution in [0.4, 0.5) is 5.69 Å². The Morgan fingerprint density at radius 3 is 2.41 bits per heavy atom. The number of hydrogen-bond acceptors (Lipinski definition) is 4. The lowest BCUT2D eigenvalue weighted by Gasteiger charge is -2.10. The van der Waals surface area contributed by atoms with Gasteiger partial charge in [-0.2, -0.15) is 0 Å². The number of aromatic nitrogens is 1. The van der Waals surface area contributed by atoms with E-state index in [0.717, 1.165) is 16.1 Å². The van der Waals surface area contributed by atoms with Crippen LogP contribution in [-0.2, 0) is 11.3 Å². The molecule has 0 fully saturated rings. The van der Waals surface area contributed by atoms with E-state index < -0.39 is 0 Å². The summed E-state index contributed by atoms with van der Waals surface area (Å²) >= 11 is 1.46. The molecule has 2 amide bonds.